The quantitative estimate of drug-likeness (QED) is 0.843. The van der Waals surface area contributed by atoms with Gasteiger partial charge >= 0.3 is 0 Å². The maximum Gasteiger partial charge on any atom is 0.244 e. The predicted octanol–water partition coefficient (Wildman–Crippen LogP) is 2.65. The zero-order valence-electron chi connectivity index (χ0n) is 14.3. The van der Waals surface area contributed by atoms with Gasteiger partial charge in [-0.3, -0.25) is 4.79 Å². The van der Waals surface area contributed by atoms with Gasteiger partial charge in [0.2, 0.25) is 15.9 Å². The Balaban J connectivity index is 1.65. The van der Waals surface area contributed by atoms with Crippen LogP contribution in [0.5, 0.6) is 0 Å². The maximum atomic E-state index is 12.8. The molecule has 9 heteroatoms. The van der Waals surface area contributed by atoms with Crippen molar-refractivity contribution in [1.29, 1.82) is 5.26 Å². The Bertz CT molecular complexity index is 978. The Labute approximate surface area is 162 Å². The summed E-state index contributed by atoms with van der Waals surface area (Å²) in [6.07, 6.45) is 2.24. The number of hydrogen-bond donors (Lipinski definition) is 1. The van der Waals surface area contributed by atoms with E-state index in [2.05, 4.69) is 10.3 Å². The number of carbonyl (C=O) groups is 1. The molecule has 0 spiro atoms. The summed E-state index contributed by atoms with van der Waals surface area (Å²) in [5.74, 6) is -0.0955. The molecule has 7 nitrogen and oxygen atoms in total. The molecule has 3 rings (SSSR count). The number of anilines is 1. The largest absolute Gasteiger partial charge is 0.310 e. The van der Waals surface area contributed by atoms with Crippen LogP contribution < -0.4 is 5.32 Å². The van der Waals surface area contributed by atoms with Gasteiger partial charge in [-0.25, -0.2) is 13.4 Å². The fourth-order valence-corrected chi connectivity index (χ4v) is 4.68. The molecule has 0 bridgehead atoms. The number of benzene rings is 1. The van der Waals surface area contributed by atoms with E-state index >= 15 is 0 Å². The number of piperidine rings is 1. The predicted molar refractivity (Wildman–Crippen MR) is 101 cm³/mol. The first-order valence-electron chi connectivity index (χ1n) is 8.33. The van der Waals surface area contributed by atoms with E-state index in [1.165, 1.54) is 22.6 Å². The first-order valence-corrected chi connectivity index (χ1v) is 10.2. The molecule has 0 aliphatic carbocycles. The van der Waals surface area contributed by atoms with Crippen molar-refractivity contribution in [2.45, 2.75) is 17.7 Å². The third-order valence-electron chi connectivity index (χ3n) is 4.43. The van der Waals surface area contributed by atoms with E-state index in [1.807, 2.05) is 6.07 Å². The lowest BCUT2D eigenvalue weighted by atomic mass is 9.97. The van der Waals surface area contributed by atoms with Gasteiger partial charge in [0.05, 0.1) is 15.5 Å². The van der Waals surface area contributed by atoms with E-state index in [4.69, 9.17) is 16.9 Å². The number of amides is 1. The zero-order valence-corrected chi connectivity index (χ0v) is 15.9. The molecule has 1 saturated heterocycles. The molecular formula is C18H17ClN4O3S. The summed E-state index contributed by atoms with van der Waals surface area (Å²) in [5.41, 5.74) is 0.117. The highest BCUT2D eigenvalue weighted by atomic mass is 35.5. The number of carbonyl (C=O) groups excluding carboxylic acids is 1. The molecule has 2 aromatic rings. The van der Waals surface area contributed by atoms with Gasteiger partial charge in [-0.15, -0.1) is 0 Å². The molecule has 2 heterocycles. The summed E-state index contributed by atoms with van der Waals surface area (Å²) in [6.45, 7) is 0.433. The van der Waals surface area contributed by atoms with Crippen molar-refractivity contribution in [3.8, 4) is 6.07 Å². The molecular weight excluding hydrogens is 388 g/mol. The zero-order chi connectivity index (χ0) is 19.4. The Morgan fingerprint density at radius 3 is 2.56 bits per heavy atom. The van der Waals surface area contributed by atoms with E-state index in [1.54, 1.807) is 24.3 Å². The molecule has 1 fully saturated rings. The van der Waals surface area contributed by atoms with E-state index < -0.39 is 10.0 Å². The third kappa shape index (κ3) is 4.27. The fourth-order valence-electron chi connectivity index (χ4n) is 2.96. The average molecular weight is 405 g/mol. The van der Waals surface area contributed by atoms with Crippen LogP contribution >= 0.6 is 11.6 Å². The summed E-state index contributed by atoms with van der Waals surface area (Å²) < 4.78 is 27.0. The second kappa shape index (κ2) is 8.05. The smallest absolute Gasteiger partial charge is 0.244 e. The number of nitrogens with zero attached hydrogens (tertiary/aromatic N) is 3. The highest BCUT2D eigenvalue weighted by molar-refractivity contribution is 7.89. The molecule has 1 aromatic heterocycles. The number of halogens is 1. The Kier molecular flexibility index (Phi) is 5.75. The van der Waals surface area contributed by atoms with Gasteiger partial charge in [0.15, 0.2) is 0 Å². The normalized spacial score (nSPS) is 15.9. The van der Waals surface area contributed by atoms with Gasteiger partial charge in [0, 0.05) is 25.2 Å². The molecule has 0 radical (unpaired) electrons. The van der Waals surface area contributed by atoms with Crippen LogP contribution in [0.2, 0.25) is 5.02 Å². The minimum atomic E-state index is -3.77. The molecule has 0 atom stereocenters. The summed E-state index contributed by atoms with van der Waals surface area (Å²) >= 11 is 5.77. The molecule has 1 aliphatic rings. The van der Waals surface area contributed by atoms with Crippen LogP contribution in [0.25, 0.3) is 0 Å². The summed E-state index contributed by atoms with van der Waals surface area (Å²) in [6, 6.07) is 11.3. The number of rotatable bonds is 4. The topological polar surface area (TPSA) is 103 Å². The van der Waals surface area contributed by atoms with Gasteiger partial charge in [-0.1, -0.05) is 23.7 Å². The van der Waals surface area contributed by atoms with Crippen molar-refractivity contribution in [3.05, 3.63) is 53.2 Å². The molecule has 1 aliphatic heterocycles. The minimum Gasteiger partial charge on any atom is -0.310 e. The number of nitrogens with one attached hydrogen (secondary N) is 1. The number of sulfonamides is 1. The number of aromatic nitrogens is 1. The van der Waals surface area contributed by atoms with Gasteiger partial charge in [-0.05, 0) is 37.1 Å². The second-order valence-corrected chi connectivity index (χ2v) is 8.48. The molecule has 140 valence electrons. The molecule has 1 aromatic carbocycles. The van der Waals surface area contributed by atoms with Crippen molar-refractivity contribution in [2.75, 3.05) is 18.4 Å². The Morgan fingerprint density at radius 1 is 1.22 bits per heavy atom. The van der Waals surface area contributed by atoms with E-state index in [-0.39, 0.29) is 35.4 Å². The van der Waals surface area contributed by atoms with Crippen molar-refractivity contribution in [1.82, 2.24) is 9.29 Å². The molecule has 1 amide bonds. The van der Waals surface area contributed by atoms with Crippen molar-refractivity contribution in [3.63, 3.8) is 0 Å². The van der Waals surface area contributed by atoms with Gasteiger partial charge in [0.25, 0.3) is 0 Å². The molecule has 27 heavy (non-hydrogen) atoms. The van der Waals surface area contributed by atoms with Crippen LogP contribution in [-0.4, -0.2) is 36.7 Å². The first kappa shape index (κ1) is 19.3. The number of nitriles is 1. The van der Waals surface area contributed by atoms with Gasteiger partial charge < -0.3 is 5.32 Å². The van der Waals surface area contributed by atoms with Crippen LogP contribution in [0.1, 0.15) is 18.4 Å². The van der Waals surface area contributed by atoms with Crippen LogP contribution in [0.4, 0.5) is 5.82 Å². The van der Waals surface area contributed by atoms with E-state index in [0.29, 0.717) is 23.7 Å². The highest BCUT2D eigenvalue weighted by Crippen LogP contribution is 2.26. The summed E-state index contributed by atoms with van der Waals surface area (Å²) in [5, 5.41) is 12.4. The number of pyridine rings is 1. The Morgan fingerprint density at radius 2 is 1.93 bits per heavy atom. The van der Waals surface area contributed by atoms with E-state index in [0.717, 1.165) is 0 Å². The lowest BCUT2D eigenvalue weighted by Gasteiger charge is -2.30. The average Bonchev–Trinajstić information content (AvgIpc) is 2.69. The van der Waals surface area contributed by atoms with E-state index in [9.17, 15) is 13.2 Å². The lowest BCUT2D eigenvalue weighted by Crippen LogP contribution is -2.41. The highest BCUT2D eigenvalue weighted by Gasteiger charge is 2.33. The standard InChI is InChI=1S/C18H17ClN4O3S/c19-15-5-6-17(21-12-15)22-18(24)13-7-9-23(10-8-13)27(25,26)16-4-2-1-3-14(16)11-20/h1-6,12-13H,7-10H2,(H,21,22,24). The Hall–Kier alpha value is -2.47. The van der Waals surface area contributed by atoms with Crippen molar-refractivity contribution in [2.24, 2.45) is 5.92 Å². The minimum absolute atomic E-state index is 0.000709. The van der Waals surface area contributed by atoms with Crippen LogP contribution in [0.15, 0.2) is 47.5 Å². The SMILES string of the molecule is N#Cc1ccccc1S(=O)(=O)N1CCC(C(=O)Nc2ccc(Cl)cn2)CC1. The second-order valence-electron chi connectivity index (χ2n) is 6.14. The molecule has 0 unspecified atom stereocenters. The monoisotopic (exact) mass is 404 g/mol. The fraction of sp³-hybridized carbons (Fsp3) is 0.278. The van der Waals surface area contributed by atoms with Crippen LogP contribution in [0.3, 0.4) is 0 Å². The van der Waals surface area contributed by atoms with Gasteiger partial charge in [0.1, 0.15) is 11.9 Å². The summed E-state index contributed by atoms with van der Waals surface area (Å²) in [7, 11) is -3.77. The summed E-state index contributed by atoms with van der Waals surface area (Å²) in [4.78, 5) is 16.4. The molecule has 0 saturated carbocycles. The van der Waals surface area contributed by atoms with Crippen LogP contribution in [-0.2, 0) is 14.8 Å². The van der Waals surface area contributed by atoms with Crippen molar-refractivity contribution >= 4 is 33.3 Å². The first-order chi connectivity index (χ1) is 12.9. The third-order valence-corrected chi connectivity index (χ3v) is 6.61. The van der Waals surface area contributed by atoms with Crippen LogP contribution in [0, 0.1) is 17.2 Å². The van der Waals surface area contributed by atoms with Crippen molar-refractivity contribution < 1.29 is 13.2 Å². The van der Waals surface area contributed by atoms with Gasteiger partial charge in [-0.2, -0.15) is 9.57 Å². The molecule has 1 N–H and O–H groups in total. The maximum absolute atomic E-state index is 12.8. The number of hydrogen-bond acceptors (Lipinski definition) is 5. The lowest BCUT2D eigenvalue weighted by molar-refractivity contribution is -0.120.